The Labute approximate surface area is 102 Å². The van der Waals surface area contributed by atoms with Crippen molar-refractivity contribution in [2.24, 2.45) is 16.7 Å². The number of amides is 1. The van der Waals surface area contributed by atoms with Crippen LogP contribution in [-0.2, 0) is 4.79 Å². The van der Waals surface area contributed by atoms with Gasteiger partial charge in [-0.15, -0.1) is 0 Å². The predicted octanol–water partition coefficient (Wildman–Crippen LogP) is 3.01. The Balaban J connectivity index is 2.07. The lowest BCUT2D eigenvalue weighted by Gasteiger charge is -2.06. The third-order valence-electron chi connectivity index (χ3n) is 4.42. The zero-order valence-corrected chi connectivity index (χ0v) is 10.7. The molecule has 1 saturated carbocycles. The highest BCUT2D eigenvalue weighted by Gasteiger charge is 2.68. The van der Waals surface area contributed by atoms with Gasteiger partial charge in [0, 0.05) is 11.6 Å². The Bertz CT molecular complexity index is 432. The summed E-state index contributed by atoms with van der Waals surface area (Å²) in [6, 6.07) is 6.54. The molecule has 0 radical (unpaired) electrons. The van der Waals surface area contributed by atoms with Crippen LogP contribution in [0.4, 0.5) is 5.69 Å². The lowest BCUT2D eigenvalue weighted by Crippen LogP contribution is -2.17. The highest BCUT2D eigenvalue weighted by Crippen LogP contribution is 2.68. The summed E-state index contributed by atoms with van der Waals surface area (Å²) >= 11 is 0. The first kappa shape index (κ1) is 12.0. The summed E-state index contributed by atoms with van der Waals surface area (Å²) in [5.41, 5.74) is 0.827. The second-order valence-electron chi connectivity index (χ2n) is 5.91. The fourth-order valence-corrected chi connectivity index (χ4v) is 2.61. The van der Waals surface area contributed by atoms with Crippen LogP contribution in [0.15, 0.2) is 24.3 Å². The summed E-state index contributed by atoms with van der Waals surface area (Å²) in [6.07, 6.45) is 0. The number of carbonyl (C=O) groups excluding carboxylic acids is 1. The van der Waals surface area contributed by atoms with Gasteiger partial charge in [-0.3, -0.25) is 4.79 Å². The summed E-state index contributed by atoms with van der Waals surface area (Å²) in [5.74, 6) is 0.310. The van der Waals surface area contributed by atoms with Gasteiger partial charge in [0.2, 0.25) is 5.91 Å². The van der Waals surface area contributed by atoms with Gasteiger partial charge in [0.25, 0.3) is 0 Å². The zero-order valence-electron chi connectivity index (χ0n) is 10.7. The van der Waals surface area contributed by atoms with Gasteiger partial charge >= 0.3 is 0 Å². The van der Waals surface area contributed by atoms with E-state index in [9.17, 15) is 4.79 Å². The molecule has 0 bridgehead atoms. The number of phenols is 1. The maximum absolute atomic E-state index is 12.1. The van der Waals surface area contributed by atoms with Gasteiger partial charge in [0.15, 0.2) is 0 Å². The molecule has 92 valence electrons. The Morgan fingerprint density at radius 1 is 1.12 bits per heavy atom. The van der Waals surface area contributed by atoms with Crippen molar-refractivity contribution in [2.45, 2.75) is 27.7 Å². The maximum Gasteiger partial charge on any atom is 0.228 e. The number of anilines is 1. The van der Waals surface area contributed by atoms with Crippen molar-refractivity contribution in [1.82, 2.24) is 0 Å². The van der Waals surface area contributed by atoms with Crippen LogP contribution in [0.25, 0.3) is 0 Å². The predicted molar refractivity (Wildman–Crippen MR) is 67.8 cm³/mol. The summed E-state index contributed by atoms with van der Waals surface area (Å²) in [5, 5.41) is 12.1. The summed E-state index contributed by atoms with van der Waals surface area (Å²) in [4.78, 5) is 12.1. The number of carbonyl (C=O) groups is 1. The fourth-order valence-electron chi connectivity index (χ4n) is 2.61. The van der Waals surface area contributed by atoms with Gasteiger partial charge < -0.3 is 10.4 Å². The molecule has 2 rings (SSSR count). The molecule has 0 saturated heterocycles. The molecule has 1 fully saturated rings. The van der Waals surface area contributed by atoms with Crippen LogP contribution in [0.5, 0.6) is 5.75 Å². The lowest BCUT2D eigenvalue weighted by atomic mass is 10.0. The Hall–Kier alpha value is -1.51. The third kappa shape index (κ3) is 1.79. The second-order valence-corrected chi connectivity index (χ2v) is 5.91. The summed E-state index contributed by atoms with van der Waals surface area (Å²) in [6.45, 7) is 8.48. The van der Waals surface area contributed by atoms with Crippen LogP contribution in [0.3, 0.4) is 0 Å². The van der Waals surface area contributed by atoms with E-state index in [4.69, 9.17) is 5.11 Å². The van der Waals surface area contributed by atoms with Crippen molar-refractivity contribution >= 4 is 11.6 Å². The number of nitrogens with one attached hydrogen (secondary N) is 1. The molecule has 3 heteroatoms. The van der Waals surface area contributed by atoms with E-state index >= 15 is 0 Å². The second kappa shape index (κ2) is 3.49. The number of hydrogen-bond donors (Lipinski definition) is 2. The highest BCUT2D eigenvalue weighted by atomic mass is 16.3. The number of hydrogen-bond acceptors (Lipinski definition) is 2. The minimum absolute atomic E-state index is 0.0452. The van der Waals surface area contributed by atoms with Crippen LogP contribution in [-0.4, -0.2) is 11.0 Å². The molecule has 2 N–H and O–H groups in total. The Morgan fingerprint density at radius 2 is 1.59 bits per heavy atom. The van der Waals surface area contributed by atoms with Crippen LogP contribution < -0.4 is 5.32 Å². The monoisotopic (exact) mass is 233 g/mol. The van der Waals surface area contributed by atoms with E-state index < -0.39 is 0 Å². The first-order chi connectivity index (χ1) is 7.76. The summed E-state index contributed by atoms with van der Waals surface area (Å²) in [7, 11) is 0. The third-order valence-corrected chi connectivity index (χ3v) is 4.42. The van der Waals surface area contributed by atoms with Crippen molar-refractivity contribution < 1.29 is 9.90 Å². The van der Waals surface area contributed by atoms with Gasteiger partial charge in [0.05, 0.1) is 0 Å². The van der Waals surface area contributed by atoms with E-state index in [1.54, 1.807) is 24.3 Å². The van der Waals surface area contributed by atoms with E-state index in [2.05, 4.69) is 33.0 Å². The normalized spacial score (nSPS) is 20.9. The average Bonchev–Trinajstić information content (AvgIpc) is 2.61. The molecule has 0 spiro atoms. The molecule has 1 aliphatic rings. The molecule has 1 aromatic carbocycles. The molecule has 0 aromatic heterocycles. The van der Waals surface area contributed by atoms with E-state index in [1.807, 2.05) is 0 Å². The minimum Gasteiger partial charge on any atom is -0.508 e. The van der Waals surface area contributed by atoms with Gasteiger partial charge in [-0.05, 0) is 35.1 Å². The molecule has 0 aliphatic heterocycles. The number of rotatable bonds is 2. The smallest absolute Gasteiger partial charge is 0.228 e. The molecule has 0 atom stereocenters. The van der Waals surface area contributed by atoms with Crippen LogP contribution >= 0.6 is 0 Å². The van der Waals surface area contributed by atoms with E-state index in [1.165, 1.54) is 0 Å². The zero-order chi connectivity index (χ0) is 12.8. The van der Waals surface area contributed by atoms with Crippen LogP contribution in [0, 0.1) is 16.7 Å². The summed E-state index contributed by atoms with van der Waals surface area (Å²) < 4.78 is 0. The molecule has 0 heterocycles. The molecule has 17 heavy (non-hydrogen) atoms. The lowest BCUT2D eigenvalue weighted by molar-refractivity contribution is -0.118. The topological polar surface area (TPSA) is 49.3 Å². The number of aromatic hydroxyl groups is 1. The first-order valence-electron chi connectivity index (χ1n) is 5.87. The Morgan fingerprint density at radius 3 is 2.00 bits per heavy atom. The number of phenolic OH excluding ortho intramolecular Hbond substituents is 1. The van der Waals surface area contributed by atoms with Crippen molar-refractivity contribution in [3.8, 4) is 5.75 Å². The standard InChI is InChI=1S/C14H19NO2/c1-13(2)11(14(13,3)4)12(17)15-9-5-7-10(16)8-6-9/h5-8,11,16H,1-4H3,(H,15,17). The molecule has 0 unspecified atom stereocenters. The van der Waals surface area contributed by atoms with E-state index in [0.717, 1.165) is 5.69 Å². The van der Waals surface area contributed by atoms with E-state index in [0.29, 0.717) is 0 Å². The molecule has 1 aliphatic carbocycles. The van der Waals surface area contributed by atoms with Crippen molar-refractivity contribution in [2.75, 3.05) is 5.32 Å². The maximum atomic E-state index is 12.1. The van der Waals surface area contributed by atoms with Gasteiger partial charge in [-0.25, -0.2) is 0 Å². The van der Waals surface area contributed by atoms with Crippen molar-refractivity contribution in [1.29, 1.82) is 0 Å². The largest absolute Gasteiger partial charge is 0.508 e. The van der Waals surface area contributed by atoms with E-state index in [-0.39, 0.29) is 28.4 Å². The number of benzene rings is 1. The molecule has 3 nitrogen and oxygen atoms in total. The van der Waals surface area contributed by atoms with Crippen LogP contribution in [0.1, 0.15) is 27.7 Å². The molecular weight excluding hydrogens is 214 g/mol. The van der Waals surface area contributed by atoms with Gasteiger partial charge in [-0.2, -0.15) is 0 Å². The minimum atomic E-state index is 0.0452. The fraction of sp³-hybridized carbons (Fsp3) is 0.500. The molecule has 1 aromatic rings. The van der Waals surface area contributed by atoms with Gasteiger partial charge in [-0.1, -0.05) is 27.7 Å². The van der Waals surface area contributed by atoms with Crippen LogP contribution in [0.2, 0.25) is 0 Å². The Kier molecular flexibility index (Phi) is 2.45. The molecule has 1 amide bonds. The highest BCUT2D eigenvalue weighted by molar-refractivity contribution is 5.96. The van der Waals surface area contributed by atoms with Crippen molar-refractivity contribution in [3.05, 3.63) is 24.3 Å². The quantitative estimate of drug-likeness (QED) is 0.771. The first-order valence-corrected chi connectivity index (χ1v) is 5.87. The van der Waals surface area contributed by atoms with Crippen molar-refractivity contribution in [3.63, 3.8) is 0 Å². The average molecular weight is 233 g/mol. The van der Waals surface area contributed by atoms with Gasteiger partial charge in [0.1, 0.15) is 5.75 Å². The SMILES string of the molecule is CC1(C)C(C(=O)Nc2ccc(O)cc2)C1(C)C. The molecular formula is C14H19NO2.